The molecule has 2 spiro atoms. The molecule has 2 heterocycles. The fraction of sp³-hybridized carbons (Fsp3) is 0.760. The molecule has 7 rings (SSSR count). The van der Waals surface area contributed by atoms with Crippen molar-refractivity contribution in [3.05, 3.63) is 23.3 Å². The molecule has 6 aliphatic rings. The molecule has 5 heteroatoms. The van der Waals surface area contributed by atoms with Crippen LogP contribution in [0.15, 0.2) is 12.1 Å². The van der Waals surface area contributed by atoms with Crippen molar-refractivity contribution in [1.82, 2.24) is 5.32 Å². The molecule has 4 fully saturated rings. The molecule has 0 amide bonds. The molecule has 1 aromatic rings. The Morgan fingerprint density at radius 1 is 1.17 bits per heavy atom. The number of ether oxygens (including phenoxy) is 2. The number of fused-ring (bicyclic) bond motifs is 2. The number of rotatable bonds is 2. The Labute approximate surface area is 179 Å². The van der Waals surface area contributed by atoms with E-state index in [2.05, 4.69) is 32.2 Å². The minimum absolute atomic E-state index is 0.0160. The van der Waals surface area contributed by atoms with E-state index in [0.29, 0.717) is 11.8 Å². The molecular formula is C25H35NO4. The number of piperidine rings is 1. The lowest BCUT2D eigenvalue weighted by Gasteiger charge is -2.74. The van der Waals surface area contributed by atoms with Crippen LogP contribution in [0.3, 0.4) is 0 Å². The average Bonchev–Trinajstić information content (AvgIpc) is 3.05. The van der Waals surface area contributed by atoms with Crippen molar-refractivity contribution in [2.24, 2.45) is 16.7 Å². The number of benzene rings is 1. The largest absolute Gasteiger partial charge is 0.504 e. The minimum atomic E-state index is -0.910. The molecule has 4 unspecified atom stereocenters. The van der Waals surface area contributed by atoms with E-state index in [9.17, 15) is 10.2 Å². The van der Waals surface area contributed by atoms with E-state index in [4.69, 9.17) is 9.47 Å². The van der Waals surface area contributed by atoms with E-state index in [1.807, 2.05) is 6.92 Å². The second-order valence-corrected chi connectivity index (χ2v) is 11.8. The fourth-order valence-corrected chi connectivity index (χ4v) is 8.53. The summed E-state index contributed by atoms with van der Waals surface area (Å²) >= 11 is 0. The molecule has 164 valence electrons. The summed E-state index contributed by atoms with van der Waals surface area (Å²) in [5, 5.41) is 26.6. The van der Waals surface area contributed by atoms with E-state index in [0.717, 1.165) is 38.6 Å². The number of hydrogen-bond donors (Lipinski definition) is 3. The maximum atomic E-state index is 12.0. The first-order chi connectivity index (χ1) is 14.1. The predicted octanol–water partition coefficient (Wildman–Crippen LogP) is 3.29. The monoisotopic (exact) mass is 413 g/mol. The van der Waals surface area contributed by atoms with Crippen molar-refractivity contribution >= 4 is 0 Å². The highest BCUT2D eigenvalue weighted by Crippen LogP contribution is 2.77. The number of nitrogens with one attached hydrogen (secondary N) is 1. The smallest absolute Gasteiger partial charge is 0.165 e. The minimum Gasteiger partial charge on any atom is -0.504 e. The first-order valence-corrected chi connectivity index (χ1v) is 11.6. The Morgan fingerprint density at radius 2 is 1.93 bits per heavy atom. The highest BCUT2D eigenvalue weighted by molar-refractivity contribution is 5.63. The Hall–Kier alpha value is -1.30. The Morgan fingerprint density at radius 3 is 2.63 bits per heavy atom. The molecule has 30 heavy (non-hydrogen) atoms. The lowest BCUT2D eigenvalue weighted by Crippen LogP contribution is -2.83. The van der Waals surface area contributed by atoms with Crippen LogP contribution in [0.1, 0.15) is 64.5 Å². The second-order valence-electron chi connectivity index (χ2n) is 11.8. The van der Waals surface area contributed by atoms with Crippen LogP contribution in [0.2, 0.25) is 0 Å². The van der Waals surface area contributed by atoms with Crippen LogP contribution in [-0.4, -0.2) is 47.2 Å². The molecule has 0 aromatic heterocycles. The molecule has 5 nitrogen and oxygen atoms in total. The van der Waals surface area contributed by atoms with Crippen molar-refractivity contribution in [3.63, 3.8) is 0 Å². The number of aliphatic hydroxyl groups is 1. The van der Waals surface area contributed by atoms with Gasteiger partial charge in [-0.3, -0.25) is 0 Å². The number of hydrogen-bond acceptors (Lipinski definition) is 5. The third kappa shape index (κ3) is 1.77. The van der Waals surface area contributed by atoms with E-state index in [1.165, 1.54) is 11.1 Å². The van der Waals surface area contributed by atoms with Crippen molar-refractivity contribution < 1.29 is 19.7 Å². The Balaban J connectivity index is 1.65. The summed E-state index contributed by atoms with van der Waals surface area (Å²) in [5.74, 6) is 0.887. The highest BCUT2D eigenvalue weighted by Gasteiger charge is 2.81. The van der Waals surface area contributed by atoms with E-state index in [-0.39, 0.29) is 34.0 Å². The standard InChI is InChI=1S/C25H35NO4/c1-21(2,3)22(4,28)16-13-23-8-9-25(16,29-5)20-24(23)10-11-26-17(23)12-14-6-7-15(27)19(30-20)18(14)24/h6-7,16-17,20,26-28H,8-13H2,1-5H3/t16?,17-,20?,22?,23+,24+,25?/m1/s1. The summed E-state index contributed by atoms with van der Waals surface area (Å²) in [6.45, 7) is 9.33. The SMILES string of the molecule is COC12CC[C@]3(CC1C(C)(O)C(C)(C)C)[C@H]1Cc4ccc(O)c5c4[C@@]3(CCN1)C2O5. The van der Waals surface area contributed by atoms with Gasteiger partial charge >= 0.3 is 0 Å². The molecule has 2 aliphatic heterocycles. The summed E-state index contributed by atoms with van der Waals surface area (Å²) in [5.41, 5.74) is 0.658. The quantitative estimate of drug-likeness (QED) is 0.694. The van der Waals surface area contributed by atoms with Crippen LogP contribution in [0, 0.1) is 16.7 Å². The van der Waals surface area contributed by atoms with Crippen molar-refractivity contribution in [2.75, 3.05) is 13.7 Å². The first kappa shape index (κ1) is 19.4. The topological polar surface area (TPSA) is 71.0 Å². The Kier molecular flexibility index (Phi) is 3.46. The normalized spacial score (nSPS) is 44.9. The molecule has 3 saturated carbocycles. The van der Waals surface area contributed by atoms with Crippen LogP contribution in [0.4, 0.5) is 0 Å². The van der Waals surface area contributed by atoms with Gasteiger partial charge in [-0.2, -0.15) is 0 Å². The molecule has 4 aliphatic carbocycles. The summed E-state index contributed by atoms with van der Waals surface area (Å²) in [6, 6.07) is 4.26. The average molecular weight is 414 g/mol. The van der Waals surface area contributed by atoms with E-state index in [1.54, 1.807) is 13.2 Å². The first-order valence-electron chi connectivity index (χ1n) is 11.6. The zero-order chi connectivity index (χ0) is 21.3. The fourth-order valence-electron chi connectivity index (χ4n) is 8.53. The van der Waals surface area contributed by atoms with Gasteiger partial charge in [0.05, 0.1) is 5.60 Å². The summed E-state index contributed by atoms with van der Waals surface area (Å²) < 4.78 is 13.2. The number of methoxy groups -OCH3 is 1. The number of phenolic OH excluding ortho intramolecular Hbond substituents is 1. The van der Waals surface area contributed by atoms with Crippen LogP contribution in [0.25, 0.3) is 0 Å². The third-order valence-corrected chi connectivity index (χ3v) is 10.4. The lowest BCUT2D eigenvalue weighted by molar-refractivity contribution is -0.303. The van der Waals surface area contributed by atoms with Gasteiger partial charge in [-0.05, 0) is 62.6 Å². The van der Waals surface area contributed by atoms with Crippen molar-refractivity contribution in [2.45, 2.75) is 88.6 Å². The molecule has 7 atom stereocenters. The highest BCUT2D eigenvalue weighted by atomic mass is 16.6. The summed E-state index contributed by atoms with van der Waals surface area (Å²) in [4.78, 5) is 0. The lowest BCUT2D eigenvalue weighted by atomic mass is 9.33. The van der Waals surface area contributed by atoms with Gasteiger partial charge in [-0.1, -0.05) is 26.8 Å². The molecule has 1 aromatic carbocycles. The number of aromatic hydroxyl groups is 1. The maximum absolute atomic E-state index is 12.0. The predicted molar refractivity (Wildman–Crippen MR) is 114 cm³/mol. The summed E-state index contributed by atoms with van der Waals surface area (Å²) in [7, 11) is 1.80. The van der Waals surface area contributed by atoms with Crippen LogP contribution < -0.4 is 10.1 Å². The molecular weight excluding hydrogens is 378 g/mol. The van der Waals surface area contributed by atoms with Crippen LogP contribution >= 0.6 is 0 Å². The second kappa shape index (κ2) is 5.36. The zero-order valence-electron chi connectivity index (χ0n) is 18.8. The van der Waals surface area contributed by atoms with Crippen LogP contribution in [0.5, 0.6) is 11.5 Å². The molecule has 1 saturated heterocycles. The van der Waals surface area contributed by atoms with Crippen LogP contribution in [-0.2, 0) is 16.6 Å². The Bertz CT molecular complexity index is 936. The molecule has 3 N–H and O–H groups in total. The van der Waals surface area contributed by atoms with E-state index < -0.39 is 11.2 Å². The van der Waals surface area contributed by atoms with Gasteiger partial charge in [0.2, 0.25) is 0 Å². The van der Waals surface area contributed by atoms with Gasteiger partial charge < -0.3 is 25.0 Å². The third-order valence-electron chi connectivity index (χ3n) is 10.4. The van der Waals surface area contributed by atoms with Crippen molar-refractivity contribution in [3.8, 4) is 11.5 Å². The van der Waals surface area contributed by atoms with Crippen molar-refractivity contribution in [1.29, 1.82) is 0 Å². The van der Waals surface area contributed by atoms with Gasteiger partial charge in [0.15, 0.2) is 11.5 Å². The van der Waals surface area contributed by atoms with Gasteiger partial charge in [0.1, 0.15) is 11.7 Å². The maximum Gasteiger partial charge on any atom is 0.165 e. The molecule has 4 bridgehead atoms. The van der Waals surface area contributed by atoms with E-state index >= 15 is 0 Å². The zero-order valence-corrected chi connectivity index (χ0v) is 18.8. The summed E-state index contributed by atoms with van der Waals surface area (Å²) in [6.07, 6.45) is 4.66. The van der Waals surface area contributed by atoms with Gasteiger partial charge in [0.25, 0.3) is 0 Å². The van der Waals surface area contributed by atoms with Gasteiger partial charge in [-0.15, -0.1) is 0 Å². The van der Waals surface area contributed by atoms with Gasteiger partial charge in [-0.25, -0.2) is 0 Å². The van der Waals surface area contributed by atoms with Gasteiger partial charge in [0, 0.05) is 35.5 Å². The number of phenols is 1. The molecule has 0 radical (unpaired) electrons.